The van der Waals surface area contributed by atoms with E-state index in [2.05, 4.69) is 17.6 Å². The fourth-order valence-electron chi connectivity index (χ4n) is 2.23. The van der Waals surface area contributed by atoms with Crippen molar-refractivity contribution in [3.8, 4) is 0 Å². The van der Waals surface area contributed by atoms with Gasteiger partial charge in [0.2, 0.25) is 5.91 Å². The molecule has 0 aliphatic rings. The van der Waals surface area contributed by atoms with E-state index in [0.29, 0.717) is 6.42 Å². The lowest BCUT2D eigenvalue weighted by atomic mass is 10.1. The van der Waals surface area contributed by atoms with Gasteiger partial charge in [0.1, 0.15) is 0 Å². The molecule has 20 heavy (non-hydrogen) atoms. The SMILES string of the molecule is CCCNCCCCCC(=O)Nc1c(C)cccc1C. The van der Waals surface area contributed by atoms with Crippen molar-refractivity contribution in [2.45, 2.75) is 52.9 Å². The van der Waals surface area contributed by atoms with Crippen molar-refractivity contribution in [2.24, 2.45) is 0 Å². The van der Waals surface area contributed by atoms with Gasteiger partial charge in [0.15, 0.2) is 0 Å². The van der Waals surface area contributed by atoms with Crippen LogP contribution < -0.4 is 10.6 Å². The number of amides is 1. The highest BCUT2D eigenvalue weighted by Gasteiger charge is 2.06. The minimum Gasteiger partial charge on any atom is -0.326 e. The summed E-state index contributed by atoms with van der Waals surface area (Å²) in [4.78, 5) is 11.9. The summed E-state index contributed by atoms with van der Waals surface area (Å²) in [5, 5.41) is 6.41. The van der Waals surface area contributed by atoms with E-state index in [9.17, 15) is 4.79 Å². The summed E-state index contributed by atoms with van der Waals surface area (Å²) in [7, 11) is 0. The predicted octanol–water partition coefficient (Wildman–Crippen LogP) is 3.80. The monoisotopic (exact) mass is 276 g/mol. The Morgan fingerprint density at radius 1 is 1.05 bits per heavy atom. The van der Waals surface area contributed by atoms with Crippen molar-refractivity contribution in [2.75, 3.05) is 18.4 Å². The maximum absolute atomic E-state index is 11.9. The number of hydrogen-bond acceptors (Lipinski definition) is 2. The van der Waals surface area contributed by atoms with E-state index in [0.717, 1.165) is 49.2 Å². The van der Waals surface area contributed by atoms with Crippen LogP contribution in [0, 0.1) is 13.8 Å². The van der Waals surface area contributed by atoms with Gasteiger partial charge >= 0.3 is 0 Å². The minimum absolute atomic E-state index is 0.129. The first-order chi connectivity index (χ1) is 9.65. The average molecular weight is 276 g/mol. The van der Waals surface area contributed by atoms with E-state index in [1.54, 1.807) is 0 Å². The molecule has 1 amide bonds. The molecule has 0 heterocycles. The largest absolute Gasteiger partial charge is 0.326 e. The molecule has 0 fully saturated rings. The highest BCUT2D eigenvalue weighted by molar-refractivity contribution is 5.92. The summed E-state index contributed by atoms with van der Waals surface area (Å²) in [5.74, 6) is 0.129. The van der Waals surface area contributed by atoms with Gasteiger partial charge in [-0.05, 0) is 57.3 Å². The third kappa shape index (κ3) is 6.20. The molecule has 1 rings (SSSR count). The molecule has 0 aliphatic carbocycles. The Balaban J connectivity index is 2.21. The first-order valence-electron chi connectivity index (χ1n) is 7.72. The van der Waals surface area contributed by atoms with Crippen LogP contribution in [-0.4, -0.2) is 19.0 Å². The predicted molar refractivity (Wildman–Crippen MR) is 86.2 cm³/mol. The molecule has 0 aliphatic heterocycles. The average Bonchev–Trinajstić information content (AvgIpc) is 2.42. The summed E-state index contributed by atoms with van der Waals surface area (Å²) < 4.78 is 0. The number of carbonyl (C=O) groups is 1. The molecular formula is C17H28N2O. The fourth-order valence-corrected chi connectivity index (χ4v) is 2.23. The molecule has 3 nitrogen and oxygen atoms in total. The summed E-state index contributed by atoms with van der Waals surface area (Å²) >= 11 is 0. The van der Waals surface area contributed by atoms with Crippen molar-refractivity contribution in [1.29, 1.82) is 0 Å². The minimum atomic E-state index is 0.129. The third-order valence-electron chi connectivity index (χ3n) is 3.43. The molecule has 1 aromatic rings. The number of rotatable bonds is 9. The summed E-state index contributed by atoms with van der Waals surface area (Å²) in [6, 6.07) is 6.08. The first kappa shape index (κ1) is 16.7. The molecule has 0 unspecified atom stereocenters. The number of unbranched alkanes of at least 4 members (excludes halogenated alkanes) is 2. The Morgan fingerprint density at radius 3 is 2.40 bits per heavy atom. The topological polar surface area (TPSA) is 41.1 Å². The van der Waals surface area contributed by atoms with Crippen LogP contribution in [-0.2, 0) is 4.79 Å². The number of nitrogens with one attached hydrogen (secondary N) is 2. The van der Waals surface area contributed by atoms with Crippen LogP contribution in [0.4, 0.5) is 5.69 Å². The maximum Gasteiger partial charge on any atom is 0.224 e. The van der Waals surface area contributed by atoms with Gasteiger partial charge < -0.3 is 10.6 Å². The molecule has 0 atom stereocenters. The van der Waals surface area contributed by atoms with Crippen molar-refractivity contribution in [3.63, 3.8) is 0 Å². The van der Waals surface area contributed by atoms with Gasteiger partial charge in [0, 0.05) is 12.1 Å². The van der Waals surface area contributed by atoms with Crippen molar-refractivity contribution >= 4 is 11.6 Å². The van der Waals surface area contributed by atoms with Crippen LogP contribution in [0.15, 0.2) is 18.2 Å². The van der Waals surface area contributed by atoms with Gasteiger partial charge in [-0.15, -0.1) is 0 Å². The number of benzene rings is 1. The molecular weight excluding hydrogens is 248 g/mol. The number of anilines is 1. The van der Waals surface area contributed by atoms with Crippen molar-refractivity contribution in [1.82, 2.24) is 5.32 Å². The highest BCUT2D eigenvalue weighted by Crippen LogP contribution is 2.19. The lowest BCUT2D eigenvalue weighted by Gasteiger charge is -2.11. The van der Waals surface area contributed by atoms with E-state index < -0.39 is 0 Å². The van der Waals surface area contributed by atoms with Crippen molar-refractivity contribution in [3.05, 3.63) is 29.3 Å². The zero-order valence-corrected chi connectivity index (χ0v) is 13.1. The molecule has 3 heteroatoms. The Bertz CT molecular complexity index is 395. The van der Waals surface area contributed by atoms with E-state index in [-0.39, 0.29) is 5.91 Å². The van der Waals surface area contributed by atoms with E-state index in [1.165, 1.54) is 6.42 Å². The summed E-state index contributed by atoms with van der Waals surface area (Å²) in [6.45, 7) is 8.38. The summed E-state index contributed by atoms with van der Waals surface area (Å²) in [5.41, 5.74) is 3.23. The van der Waals surface area contributed by atoms with Crippen LogP contribution in [0.25, 0.3) is 0 Å². The Kier molecular flexibility index (Phi) is 7.97. The smallest absolute Gasteiger partial charge is 0.224 e. The van der Waals surface area contributed by atoms with E-state index in [1.807, 2.05) is 32.0 Å². The highest BCUT2D eigenvalue weighted by atomic mass is 16.1. The Hall–Kier alpha value is -1.35. The van der Waals surface area contributed by atoms with Crippen LogP contribution in [0.3, 0.4) is 0 Å². The van der Waals surface area contributed by atoms with Crippen LogP contribution in [0.2, 0.25) is 0 Å². The second-order valence-corrected chi connectivity index (χ2v) is 5.38. The van der Waals surface area contributed by atoms with Crippen LogP contribution >= 0.6 is 0 Å². The first-order valence-corrected chi connectivity index (χ1v) is 7.72. The van der Waals surface area contributed by atoms with Crippen molar-refractivity contribution < 1.29 is 4.79 Å². The van der Waals surface area contributed by atoms with Crippen LogP contribution in [0.1, 0.15) is 50.2 Å². The van der Waals surface area contributed by atoms with Gasteiger partial charge in [-0.25, -0.2) is 0 Å². The number of hydrogen-bond donors (Lipinski definition) is 2. The van der Waals surface area contributed by atoms with Gasteiger partial charge in [-0.2, -0.15) is 0 Å². The van der Waals surface area contributed by atoms with E-state index >= 15 is 0 Å². The molecule has 0 spiro atoms. The molecule has 2 N–H and O–H groups in total. The Morgan fingerprint density at radius 2 is 1.75 bits per heavy atom. The quantitative estimate of drug-likeness (QED) is 0.674. The normalized spacial score (nSPS) is 10.6. The second-order valence-electron chi connectivity index (χ2n) is 5.38. The zero-order chi connectivity index (χ0) is 14.8. The van der Waals surface area contributed by atoms with Gasteiger partial charge in [0.25, 0.3) is 0 Å². The molecule has 112 valence electrons. The Labute approximate surface area is 123 Å². The molecule has 0 bridgehead atoms. The molecule has 0 saturated carbocycles. The lowest BCUT2D eigenvalue weighted by molar-refractivity contribution is -0.116. The summed E-state index contributed by atoms with van der Waals surface area (Å²) in [6.07, 6.45) is 5.01. The van der Waals surface area contributed by atoms with Gasteiger partial charge in [0.05, 0.1) is 0 Å². The molecule has 0 radical (unpaired) electrons. The number of aryl methyl sites for hydroxylation is 2. The third-order valence-corrected chi connectivity index (χ3v) is 3.43. The van der Waals surface area contributed by atoms with E-state index in [4.69, 9.17) is 0 Å². The number of carbonyl (C=O) groups excluding carboxylic acids is 1. The molecule has 0 saturated heterocycles. The maximum atomic E-state index is 11.9. The second kappa shape index (κ2) is 9.54. The van der Waals surface area contributed by atoms with Gasteiger partial charge in [-0.3, -0.25) is 4.79 Å². The van der Waals surface area contributed by atoms with Crippen LogP contribution in [0.5, 0.6) is 0 Å². The molecule has 1 aromatic carbocycles. The standard InChI is InChI=1S/C17H28N2O/c1-4-12-18-13-7-5-6-11-16(20)19-17-14(2)9-8-10-15(17)3/h8-10,18H,4-7,11-13H2,1-3H3,(H,19,20). The van der Waals surface area contributed by atoms with Gasteiger partial charge in [-0.1, -0.05) is 31.5 Å². The fraction of sp³-hybridized carbons (Fsp3) is 0.588. The molecule has 0 aromatic heterocycles. The lowest BCUT2D eigenvalue weighted by Crippen LogP contribution is -2.16. The zero-order valence-electron chi connectivity index (χ0n) is 13.1. The number of para-hydroxylation sites is 1.